The van der Waals surface area contributed by atoms with Gasteiger partial charge in [-0.3, -0.25) is 9.59 Å². The first-order chi connectivity index (χ1) is 14.8. The van der Waals surface area contributed by atoms with E-state index >= 15 is 0 Å². The molecule has 8 heteroatoms. The first kappa shape index (κ1) is 22.5. The van der Waals surface area contributed by atoms with Crippen molar-refractivity contribution >= 4 is 22.6 Å². The van der Waals surface area contributed by atoms with E-state index in [9.17, 15) is 19.6 Å². The van der Waals surface area contributed by atoms with Crippen LogP contribution in [0.2, 0.25) is 0 Å². The van der Waals surface area contributed by atoms with Crippen molar-refractivity contribution in [1.82, 2.24) is 14.7 Å². The molecule has 0 aliphatic heterocycles. The van der Waals surface area contributed by atoms with Crippen LogP contribution in [-0.4, -0.2) is 45.8 Å². The van der Waals surface area contributed by atoms with Gasteiger partial charge in [0, 0.05) is 19.0 Å². The highest BCUT2D eigenvalue weighted by atomic mass is 16.5. The van der Waals surface area contributed by atoms with Crippen molar-refractivity contribution in [2.24, 2.45) is 5.92 Å². The maximum absolute atomic E-state index is 12.8. The van der Waals surface area contributed by atoms with E-state index in [1.165, 1.54) is 9.58 Å². The molecule has 0 spiro atoms. The Balaban J connectivity index is 1.82. The van der Waals surface area contributed by atoms with Crippen molar-refractivity contribution < 1.29 is 14.3 Å². The minimum absolute atomic E-state index is 0.000957. The zero-order chi connectivity index (χ0) is 22.6. The summed E-state index contributed by atoms with van der Waals surface area (Å²) in [4.78, 5) is 39.6. The molecule has 3 rings (SSSR count). The quantitative estimate of drug-likeness (QED) is 0.660. The van der Waals surface area contributed by atoms with Gasteiger partial charge in [0.15, 0.2) is 12.3 Å². The first-order valence-corrected chi connectivity index (χ1v) is 10.6. The minimum Gasteiger partial charge on any atom is -0.451 e. The molecule has 1 fully saturated rings. The predicted octanol–water partition coefficient (Wildman–Crippen LogP) is 2.89. The number of aromatic nitrogens is 2. The number of esters is 1. The molecule has 1 aromatic carbocycles. The summed E-state index contributed by atoms with van der Waals surface area (Å²) >= 11 is 0. The molecule has 164 valence electrons. The fraction of sp³-hybridized carbons (Fsp3) is 0.522. The maximum Gasteiger partial charge on any atom is 0.359 e. The molecule has 0 atom stereocenters. The molecule has 31 heavy (non-hydrogen) atoms. The molecule has 1 amide bonds. The lowest BCUT2D eigenvalue weighted by Gasteiger charge is -2.38. The Hall–Kier alpha value is -3.21. The van der Waals surface area contributed by atoms with Crippen molar-refractivity contribution in [1.29, 1.82) is 5.26 Å². The number of rotatable bonds is 6. The van der Waals surface area contributed by atoms with Crippen LogP contribution in [0.15, 0.2) is 29.1 Å². The fourth-order valence-electron chi connectivity index (χ4n) is 4.05. The molecule has 1 aliphatic carbocycles. The summed E-state index contributed by atoms with van der Waals surface area (Å²) in [5.41, 5.74) is -1.12. The number of ether oxygens (including phenoxy) is 1. The summed E-state index contributed by atoms with van der Waals surface area (Å²) in [6.07, 6.45) is 4.06. The third-order valence-corrected chi connectivity index (χ3v) is 5.83. The standard InChI is InChI=1S/C23H28N4O4/c1-16(2)13-27-21(29)18-10-6-5-9-17(18)20(25-27)22(30)31-14-19(28)26(3)23(15-24)11-7-4-8-12-23/h5-6,9-10,16H,4,7-8,11-14H2,1-3H3. The highest BCUT2D eigenvalue weighted by Gasteiger charge is 2.39. The topological polar surface area (TPSA) is 105 Å². The van der Waals surface area contributed by atoms with Gasteiger partial charge in [-0.25, -0.2) is 9.48 Å². The van der Waals surface area contributed by atoms with Crippen molar-refractivity contribution in [2.75, 3.05) is 13.7 Å². The van der Waals surface area contributed by atoms with Gasteiger partial charge < -0.3 is 9.64 Å². The van der Waals surface area contributed by atoms with Crippen LogP contribution in [0.1, 0.15) is 56.4 Å². The Morgan fingerprint density at radius 1 is 1.23 bits per heavy atom. The van der Waals surface area contributed by atoms with Gasteiger partial charge >= 0.3 is 5.97 Å². The van der Waals surface area contributed by atoms with Crippen LogP contribution in [0, 0.1) is 17.2 Å². The van der Waals surface area contributed by atoms with Gasteiger partial charge in [-0.15, -0.1) is 0 Å². The SMILES string of the molecule is CC(C)Cn1nc(C(=O)OCC(=O)N(C)C2(C#N)CCCCC2)c2ccccc2c1=O. The number of nitriles is 1. The van der Waals surface area contributed by atoms with Gasteiger partial charge in [0.1, 0.15) is 5.54 Å². The number of hydrogen-bond acceptors (Lipinski definition) is 6. The Bertz CT molecular complexity index is 1080. The van der Waals surface area contributed by atoms with Gasteiger partial charge in [-0.2, -0.15) is 10.4 Å². The van der Waals surface area contributed by atoms with Crippen LogP contribution >= 0.6 is 0 Å². The molecule has 1 heterocycles. The number of benzene rings is 1. The van der Waals surface area contributed by atoms with Crippen LogP contribution < -0.4 is 5.56 Å². The summed E-state index contributed by atoms with van der Waals surface area (Å²) in [5.74, 6) is -1.05. The first-order valence-electron chi connectivity index (χ1n) is 10.6. The predicted molar refractivity (Wildman–Crippen MR) is 115 cm³/mol. The van der Waals surface area contributed by atoms with Crippen molar-refractivity contribution in [3.63, 3.8) is 0 Å². The lowest BCUT2D eigenvalue weighted by Crippen LogP contribution is -2.51. The monoisotopic (exact) mass is 424 g/mol. The van der Waals surface area contributed by atoms with Gasteiger partial charge in [0.25, 0.3) is 11.5 Å². The second kappa shape index (κ2) is 9.29. The largest absolute Gasteiger partial charge is 0.451 e. The molecule has 8 nitrogen and oxygen atoms in total. The molecule has 0 radical (unpaired) electrons. The Kier molecular flexibility index (Phi) is 6.74. The van der Waals surface area contributed by atoms with Gasteiger partial charge in [0.05, 0.1) is 11.5 Å². The minimum atomic E-state index is -0.850. The average Bonchev–Trinajstić information content (AvgIpc) is 2.78. The van der Waals surface area contributed by atoms with E-state index in [0.717, 1.165) is 19.3 Å². The van der Waals surface area contributed by atoms with E-state index in [0.29, 0.717) is 30.2 Å². The molecule has 1 aliphatic rings. The van der Waals surface area contributed by atoms with Crippen LogP contribution in [0.25, 0.3) is 10.8 Å². The summed E-state index contributed by atoms with van der Waals surface area (Å²) in [6, 6.07) is 9.01. The van der Waals surface area contributed by atoms with Gasteiger partial charge in [0.2, 0.25) is 0 Å². The smallest absolute Gasteiger partial charge is 0.359 e. The van der Waals surface area contributed by atoms with E-state index < -0.39 is 24.0 Å². The molecule has 0 unspecified atom stereocenters. The second-order valence-electron chi connectivity index (χ2n) is 8.51. The van der Waals surface area contributed by atoms with E-state index in [1.54, 1.807) is 31.3 Å². The van der Waals surface area contributed by atoms with Crippen LogP contribution in [0.3, 0.4) is 0 Å². The highest BCUT2D eigenvalue weighted by molar-refractivity contribution is 6.02. The third kappa shape index (κ3) is 4.61. The third-order valence-electron chi connectivity index (χ3n) is 5.83. The van der Waals surface area contributed by atoms with Crippen LogP contribution in [0.4, 0.5) is 0 Å². The Morgan fingerprint density at radius 3 is 2.48 bits per heavy atom. The molecule has 2 aromatic rings. The normalized spacial score (nSPS) is 15.5. The molecule has 1 aromatic heterocycles. The zero-order valence-electron chi connectivity index (χ0n) is 18.3. The fourth-order valence-corrected chi connectivity index (χ4v) is 4.05. The number of fused-ring (bicyclic) bond motifs is 1. The molecular formula is C23H28N4O4. The molecule has 0 bridgehead atoms. The molecular weight excluding hydrogens is 396 g/mol. The molecule has 1 saturated carbocycles. The van der Waals surface area contributed by atoms with E-state index in [2.05, 4.69) is 11.2 Å². The van der Waals surface area contributed by atoms with Crippen molar-refractivity contribution in [2.45, 2.75) is 58.0 Å². The van der Waals surface area contributed by atoms with Crippen molar-refractivity contribution in [3.05, 3.63) is 40.3 Å². The average molecular weight is 425 g/mol. The lowest BCUT2D eigenvalue weighted by molar-refractivity contribution is -0.138. The van der Waals surface area contributed by atoms with Gasteiger partial charge in [-0.05, 0) is 24.8 Å². The van der Waals surface area contributed by atoms with E-state index in [4.69, 9.17) is 4.74 Å². The van der Waals surface area contributed by atoms with Crippen LogP contribution in [0.5, 0.6) is 0 Å². The Labute approximate surface area is 181 Å². The van der Waals surface area contributed by atoms with E-state index in [-0.39, 0.29) is 17.2 Å². The van der Waals surface area contributed by atoms with Crippen LogP contribution in [-0.2, 0) is 16.1 Å². The highest BCUT2D eigenvalue weighted by Crippen LogP contribution is 2.32. The lowest BCUT2D eigenvalue weighted by atomic mass is 9.81. The Morgan fingerprint density at radius 2 is 1.87 bits per heavy atom. The van der Waals surface area contributed by atoms with Crippen molar-refractivity contribution in [3.8, 4) is 6.07 Å². The maximum atomic E-state index is 12.8. The molecule has 0 saturated heterocycles. The van der Waals surface area contributed by atoms with Gasteiger partial charge in [-0.1, -0.05) is 51.3 Å². The molecule has 0 N–H and O–H groups in total. The second-order valence-corrected chi connectivity index (χ2v) is 8.51. The number of carbonyl (C=O) groups excluding carboxylic acids is 2. The number of amides is 1. The zero-order valence-corrected chi connectivity index (χ0v) is 18.3. The summed E-state index contributed by atoms with van der Waals surface area (Å²) in [6.45, 7) is 3.77. The van der Waals surface area contributed by atoms with E-state index in [1.807, 2.05) is 13.8 Å². The number of likely N-dealkylation sites (N-methyl/N-ethyl adjacent to an activating group) is 1. The summed E-state index contributed by atoms with van der Waals surface area (Å²) < 4.78 is 6.55. The number of nitrogens with zero attached hydrogens (tertiary/aromatic N) is 4. The summed E-state index contributed by atoms with van der Waals surface area (Å²) in [7, 11) is 1.58. The number of hydrogen-bond donors (Lipinski definition) is 0. The number of carbonyl (C=O) groups is 2. The summed E-state index contributed by atoms with van der Waals surface area (Å²) in [5, 5.41) is 14.7.